The number of aryl methyl sites for hydroxylation is 2. The van der Waals surface area contributed by atoms with Crippen molar-refractivity contribution in [2.24, 2.45) is 5.41 Å². The van der Waals surface area contributed by atoms with Crippen molar-refractivity contribution in [3.05, 3.63) is 33.2 Å². The molecule has 0 spiro atoms. The summed E-state index contributed by atoms with van der Waals surface area (Å²) in [5, 5.41) is 12.2. The minimum atomic E-state index is -0.903. The number of pyridine rings is 1. The van der Waals surface area contributed by atoms with Gasteiger partial charge in [-0.25, -0.2) is 0 Å². The fraction of sp³-hybridized carbons (Fsp3) is 0.562. The molecule has 1 saturated carbocycles. The number of carbonyl (C=O) groups excluding carboxylic acids is 1. The van der Waals surface area contributed by atoms with E-state index in [9.17, 15) is 19.5 Å². The average Bonchev–Trinajstić information content (AvgIpc) is 2.45. The third kappa shape index (κ3) is 3.21. The van der Waals surface area contributed by atoms with Crippen LogP contribution in [0, 0.1) is 19.3 Å². The van der Waals surface area contributed by atoms with Gasteiger partial charge in [-0.05, 0) is 38.3 Å². The molecular formula is C16H22N2O4. The Kier molecular flexibility index (Phi) is 4.68. The molecular weight excluding hydrogens is 284 g/mol. The highest BCUT2D eigenvalue weighted by Crippen LogP contribution is 2.36. The lowest BCUT2D eigenvalue weighted by molar-refractivity contribution is -0.150. The van der Waals surface area contributed by atoms with E-state index in [-0.39, 0.29) is 12.1 Å². The van der Waals surface area contributed by atoms with Crippen molar-refractivity contribution in [1.29, 1.82) is 0 Å². The molecule has 6 heteroatoms. The fourth-order valence-electron chi connectivity index (χ4n) is 3.17. The topological polar surface area (TPSA) is 99.3 Å². The lowest BCUT2D eigenvalue weighted by Crippen LogP contribution is -2.45. The second-order valence-electron chi connectivity index (χ2n) is 6.17. The second-order valence-corrected chi connectivity index (χ2v) is 6.17. The molecule has 0 saturated heterocycles. The molecule has 0 bridgehead atoms. The fourth-order valence-corrected chi connectivity index (χ4v) is 3.17. The van der Waals surface area contributed by atoms with Crippen molar-refractivity contribution >= 4 is 11.9 Å². The normalized spacial score (nSPS) is 17.0. The maximum absolute atomic E-state index is 12.3. The molecule has 6 nitrogen and oxygen atoms in total. The van der Waals surface area contributed by atoms with Crippen molar-refractivity contribution < 1.29 is 14.7 Å². The number of aliphatic carboxylic acids is 1. The Labute approximate surface area is 128 Å². The van der Waals surface area contributed by atoms with Crippen LogP contribution in [-0.2, 0) is 4.79 Å². The first-order valence-electron chi connectivity index (χ1n) is 7.58. The smallest absolute Gasteiger partial charge is 0.311 e. The standard InChI is InChI=1S/C16H22N2O4/c1-10-8-11(2)18-14(20)12(10)13(19)17-9-16(15(21)22)6-4-3-5-7-16/h8H,3-7,9H2,1-2H3,(H,17,19)(H,18,20)(H,21,22). The number of carboxylic acid groups (broad SMARTS) is 1. The van der Waals surface area contributed by atoms with Gasteiger partial charge in [0.15, 0.2) is 0 Å². The summed E-state index contributed by atoms with van der Waals surface area (Å²) in [5.74, 6) is -1.38. The summed E-state index contributed by atoms with van der Waals surface area (Å²) >= 11 is 0. The highest BCUT2D eigenvalue weighted by Gasteiger charge is 2.40. The molecule has 0 radical (unpaired) electrons. The number of rotatable bonds is 4. The summed E-state index contributed by atoms with van der Waals surface area (Å²) in [5.41, 5.74) is -0.00991. The molecule has 1 fully saturated rings. The zero-order valence-corrected chi connectivity index (χ0v) is 13.0. The van der Waals surface area contributed by atoms with Crippen LogP contribution in [0.15, 0.2) is 10.9 Å². The number of aromatic amines is 1. The van der Waals surface area contributed by atoms with Crippen molar-refractivity contribution in [3.63, 3.8) is 0 Å². The number of hydrogen-bond donors (Lipinski definition) is 3. The van der Waals surface area contributed by atoms with Gasteiger partial charge in [0.2, 0.25) is 0 Å². The summed E-state index contributed by atoms with van der Waals surface area (Å²) in [7, 11) is 0. The van der Waals surface area contributed by atoms with E-state index in [2.05, 4.69) is 10.3 Å². The maximum atomic E-state index is 12.3. The Morgan fingerprint density at radius 3 is 2.45 bits per heavy atom. The Morgan fingerprint density at radius 1 is 1.27 bits per heavy atom. The van der Waals surface area contributed by atoms with Crippen molar-refractivity contribution in [1.82, 2.24) is 10.3 Å². The van der Waals surface area contributed by atoms with Crippen molar-refractivity contribution in [2.45, 2.75) is 46.0 Å². The Balaban J connectivity index is 2.15. The highest BCUT2D eigenvalue weighted by atomic mass is 16.4. The van der Waals surface area contributed by atoms with Crippen molar-refractivity contribution in [2.75, 3.05) is 6.54 Å². The van der Waals surface area contributed by atoms with Crippen LogP contribution in [0.2, 0.25) is 0 Å². The summed E-state index contributed by atoms with van der Waals surface area (Å²) in [6.07, 6.45) is 3.86. The first kappa shape index (κ1) is 16.3. The van der Waals surface area contributed by atoms with Gasteiger partial charge in [0.05, 0.1) is 5.41 Å². The first-order chi connectivity index (χ1) is 10.4. The van der Waals surface area contributed by atoms with Gasteiger partial charge in [0.25, 0.3) is 11.5 Å². The first-order valence-corrected chi connectivity index (χ1v) is 7.58. The number of carbonyl (C=O) groups is 2. The molecule has 1 aliphatic carbocycles. The maximum Gasteiger partial charge on any atom is 0.311 e. The molecule has 22 heavy (non-hydrogen) atoms. The number of hydrogen-bond acceptors (Lipinski definition) is 3. The zero-order chi connectivity index (χ0) is 16.3. The van der Waals surface area contributed by atoms with E-state index in [1.54, 1.807) is 19.9 Å². The van der Waals surface area contributed by atoms with E-state index in [4.69, 9.17) is 0 Å². The zero-order valence-electron chi connectivity index (χ0n) is 13.0. The average molecular weight is 306 g/mol. The lowest BCUT2D eigenvalue weighted by Gasteiger charge is -2.33. The number of nitrogens with one attached hydrogen (secondary N) is 2. The third-order valence-corrected chi connectivity index (χ3v) is 4.44. The van der Waals surface area contributed by atoms with Crippen LogP contribution in [0.25, 0.3) is 0 Å². The molecule has 1 aromatic rings. The van der Waals surface area contributed by atoms with Gasteiger partial charge in [-0.1, -0.05) is 19.3 Å². The van der Waals surface area contributed by atoms with Crippen LogP contribution >= 0.6 is 0 Å². The molecule has 0 atom stereocenters. The Hall–Kier alpha value is -2.11. The number of amides is 1. The van der Waals surface area contributed by atoms with Gasteiger partial charge in [-0.15, -0.1) is 0 Å². The molecule has 3 N–H and O–H groups in total. The van der Waals surface area contributed by atoms with Gasteiger partial charge >= 0.3 is 5.97 Å². The van der Waals surface area contributed by atoms with Gasteiger partial charge < -0.3 is 15.4 Å². The molecule has 1 heterocycles. The number of H-pyrrole nitrogens is 1. The van der Waals surface area contributed by atoms with Crippen LogP contribution in [-0.4, -0.2) is 28.5 Å². The molecule has 0 aliphatic heterocycles. The lowest BCUT2D eigenvalue weighted by atomic mass is 9.74. The van der Waals surface area contributed by atoms with Gasteiger partial charge in [0, 0.05) is 12.2 Å². The van der Waals surface area contributed by atoms with Crippen LogP contribution < -0.4 is 10.9 Å². The van der Waals surface area contributed by atoms with Gasteiger partial charge in [-0.3, -0.25) is 14.4 Å². The molecule has 1 aromatic heterocycles. The van der Waals surface area contributed by atoms with Gasteiger partial charge in [0.1, 0.15) is 5.56 Å². The minimum Gasteiger partial charge on any atom is -0.481 e. The van der Waals surface area contributed by atoms with E-state index in [0.29, 0.717) is 24.1 Å². The van der Waals surface area contributed by atoms with E-state index < -0.39 is 22.9 Å². The Morgan fingerprint density at radius 2 is 1.91 bits per heavy atom. The Bertz CT molecular complexity index is 642. The predicted octanol–water partition coefficient (Wildman–Crippen LogP) is 1.76. The van der Waals surface area contributed by atoms with E-state index in [1.807, 2.05) is 0 Å². The molecule has 120 valence electrons. The summed E-state index contributed by atoms with van der Waals surface area (Å²) in [6, 6.07) is 1.73. The third-order valence-electron chi connectivity index (χ3n) is 4.44. The summed E-state index contributed by atoms with van der Waals surface area (Å²) in [4.78, 5) is 38.4. The monoisotopic (exact) mass is 306 g/mol. The summed E-state index contributed by atoms with van der Waals surface area (Å²) < 4.78 is 0. The van der Waals surface area contributed by atoms with Gasteiger partial charge in [-0.2, -0.15) is 0 Å². The minimum absolute atomic E-state index is 0.0574. The largest absolute Gasteiger partial charge is 0.481 e. The quantitative estimate of drug-likeness (QED) is 0.789. The van der Waals surface area contributed by atoms with Crippen LogP contribution in [0.4, 0.5) is 0 Å². The van der Waals surface area contributed by atoms with E-state index in [1.165, 1.54) is 0 Å². The van der Waals surface area contributed by atoms with E-state index >= 15 is 0 Å². The van der Waals surface area contributed by atoms with Crippen LogP contribution in [0.5, 0.6) is 0 Å². The predicted molar refractivity (Wildman–Crippen MR) is 82.0 cm³/mol. The number of carboxylic acids is 1. The molecule has 0 unspecified atom stereocenters. The van der Waals surface area contributed by atoms with Crippen LogP contribution in [0.3, 0.4) is 0 Å². The highest BCUT2D eigenvalue weighted by molar-refractivity contribution is 5.95. The summed E-state index contributed by atoms with van der Waals surface area (Å²) in [6.45, 7) is 3.51. The van der Waals surface area contributed by atoms with E-state index in [0.717, 1.165) is 19.3 Å². The number of aromatic nitrogens is 1. The van der Waals surface area contributed by atoms with Crippen LogP contribution in [0.1, 0.15) is 53.7 Å². The van der Waals surface area contributed by atoms with Crippen molar-refractivity contribution in [3.8, 4) is 0 Å². The molecule has 2 rings (SSSR count). The molecule has 1 amide bonds. The molecule has 1 aliphatic rings. The molecule has 0 aromatic carbocycles. The SMILES string of the molecule is Cc1cc(C)c(C(=O)NCC2(C(=O)O)CCCCC2)c(=O)[nH]1. The second kappa shape index (κ2) is 6.34.